The van der Waals surface area contributed by atoms with Gasteiger partial charge in [0.15, 0.2) is 17.4 Å². The second-order valence-corrected chi connectivity index (χ2v) is 26.9. The zero-order valence-corrected chi connectivity index (χ0v) is 51.8. The molecule has 6 fully saturated rings. The smallest absolute Gasteiger partial charge is 0.302 e. The molecule has 0 amide bonds. The first-order valence-corrected chi connectivity index (χ1v) is 31.0. The number of ether oxygens (including phenoxy) is 9. The Hall–Kier alpha value is -3.29. The lowest BCUT2D eigenvalue weighted by molar-refractivity contribution is -0.349. The first-order valence-electron chi connectivity index (χ1n) is 30.6. The minimum atomic E-state index is -2.35. The van der Waals surface area contributed by atoms with Gasteiger partial charge in [0.2, 0.25) is 0 Å². The summed E-state index contributed by atoms with van der Waals surface area (Å²) in [5.41, 5.74) is -0.401. The number of hydrogen-bond donors (Lipinski definition) is 7. The molecule has 24 atom stereocenters. The highest BCUT2D eigenvalue weighted by molar-refractivity contribution is 6.30. The molecule has 1 unspecified atom stereocenters. The third kappa shape index (κ3) is 18.2. The molecule has 0 aromatic heterocycles. The second kappa shape index (κ2) is 29.1. The molecule has 0 saturated carbocycles. The van der Waals surface area contributed by atoms with E-state index in [1.54, 1.807) is 34.8 Å². The zero-order valence-electron chi connectivity index (χ0n) is 51.0. The zero-order chi connectivity index (χ0) is 62.5. The van der Waals surface area contributed by atoms with Crippen molar-refractivity contribution in [2.75, 3.05) is 7.11 Å². The first kappa shape index (κ1) is 69.2. The molecule has 20 nitrogen and oxygen atoms in total. The Morgan fingerprint density at radius 1 is 0.812 bits per heavy atom. The molecule has 480 valence electrons. The topological polar surface area (TPSA) is 293 Å². The quantitative estimate of drug-likeness (QED) is 0.0729. The van der Waals surface area contributed by atoms with Crippen molar-refractivity contribution in [1.82, 2.24) is 0 Å². The summed E-state index contributed by atoms with van der Waals surface area (Å²) in [5, 5.41) is 82.9. The van der Waals surface area contributed by atoms with Gasteiger partial charge in [-0.15, -0.1) is 0 Å². The standard InChI is InChI=1S/C64H97ClO20/c1-34(19-43(68)18-17-36(3)65)20-56-57(73)52-24-44(69)22-47-26-50(78-41(8)66)31-63(83-47)33-61(10,75)29-51(84-63)21-35(2)37(4)58(79-42(9)67)40(7)53(71)27-48-25-49(77-11)30-62(82-48)28-45(70)23-46(81-62)15-13-12-14-16-55-39(6)54(72)32-64(76,85-55)60(74)59(80-56)38(52)5/h13,15,17-18,37-40,43,45-52,54-60,68,70,72-76H,1-3,12,14,16,19-33H2,4-11H3/b15-13-,18-17+/t37-,38-,39-,40-,43-,45+,46+,47+,48+,49+,50+,51+,52-,54+,55-,56-,57+,58?,59-,60+,61+,62-,63-,64-/m1/s1. The maximum atomic E-state index is 14.7. The summed E-state index contributed by atoms with van der Waals surface area (Å²) in [5.74, 6) is -10.7. The van der Waals surface area contributed by atoms with Crippen LogP contribution >= 0.6 is 11.6 Å². The van der Waals surface area contributed by atoms with Gasteiger partial charge in [-0.25, -0.2) is 0 Å². The monoisotopic (exact) mass is 1220 g/mol. The Labute approximate surface area is 506 Å². The lowest BCUT2D eigenvalue weighted by Gasteiger charge is -2.52. The number of halogens is 1. The molecule has 0 aromatic rings. The molecular weight excluding hydrogens is 1120 g/mol. The summed E-state index contributed by atoms with van der Waals surface area (Å²) < 4.78 is 57.6. The number of Topliss-reactive ketones (excluding diaryl/α,β-unsaturated/α-hetero) is 2. The molecule has 0 radical (unpaired) electrons. The van der Waals surface area contributed by atoms with Crippen LogP contribution in [-0.2, 0) is 61.8 Å². The number of methoxy groups -OCH3 is 1. The Balaban J connectivity index is 1.22. The van der Waals surface area contributed by atoms with E-state index in [1.807, 2.05) is 19.1 Å². The molecule has 7 N–H and O–H groups in total. The molecule has 85 heavy (non-hydrogen) atoms. The maximum Gasteiger partial charge on any atom is 0.302 e. The largest absolute Gasteiger partial charge is 0.462 e. The fourth-order valence-electron chi connectivity index (χ4n) is 14.6. The van der Waals surface area contributed by atoms with E-state index in [0.29, 0.717) is 43.3 Å². The summed E-state index contributed by atoms with van der Waals surface area (Å²) in [7, 11) is 1.58. The minimum Gasteiger partial charge on any atom is -0.462 e. The third-order valence-corrected chi connectivity index (χ3v) is 18.9. The van der Waals surface area contributed by atoms with Crippen LogP contribution in [0.1, 0.15) is 164 Å². The van der Waals surface area contributed by atoms with Gasteiger partial charge in [0, 0.05) is 115 Å². The maximum absolute atomic E-state index is 14.7. The van der Waals surface area contributed by atoms with Gasteiger partial charge in [-0.05, 0) is 63.4 Å². The molecule has 10 bridgehead atoms. The molecule has 6 saturated heterocycles. The molecule has 7 rings (SSSR count). The SMILES string of the molecule is C=C(Cl)/C=C/[C@@H](O)CC(=C)C[C@H]1O[C@@H]2[C@H](C)[C@@H](CC(=O)C[C@H]3C[C@H](OC(C)=O)C[C@@]4(C[C@@](C)(O)C[C@H](CC(=C)[C@@H](C)C(OC(C)=O)[C@H](C)C(=O)C[C@@H]5C[C@H](OC)C[C@@]6(C[C@@H](O)C[C@H](/C=C\CCC[C@H]7O[C@](O)(C[C@H](O)[C@H]7C)[C@H]2O)O6)O5)O4)O3)[C@@H]1O. The van der Waals surface area contributed by atoms with Crippen molar-refractivity contribution < 1.29 is 97.6 Å². The lowest BCUT2D eigenvalue weighted by atomic mass is 9.72. The fourth-order valence-corrected chi connectivity index (χ4v) is 14.7. The third-order valence-electron chi connectivity index (χ3n) is 18.8. The van der Waals surface area contributed by atoms with Gasteiger partial charge in [0.25, 0.3) is 0 Å². The first-order chi connectivity index (χ1) is 39.8. The van der Waals surface area contributed by atoms with Gasteiger partial charge in [-0.2, -0.15) is 0 Å². The van der Waals surface area contributed by atoms with Gasteiger partial charge < -0.3 is 78.4 Å². The van der Waals surface area contributed by atoms with Gasteiger partial charge >= 0.3 is 11.9 Å². The van der Waals surface area contributed by atoms with Crippen LogP contribution in [0.15, 0.2) is 60.2 Å². The van der Waals surface area contributed by atoms with Crippen molar-refractivity contribution in [3.05, 3.63) is 60.2 Å². The molecular formula is C64H97ClO20. The van der Waals surface area contributed by atoms with Crippen molar-refractivity contribution in [1.29, 1.82) is 0 Å². The normalized spacial score (nSPS) is 44.6. The second-order valence-electron chi connectivity index (χ2n) is 26.4. The van der Waals surface area contributed by atoms with Crippen LogP contribution in [0.25, 0.3) is 0 Å². The van der Waals surface area contributed by atoms with Gasteiger partial charge in [0.05, 0.1) is 84.8 Å². The number of hydrogen-bond acceptors (Lipinski definition) is 20. The number of aliphatic hydroxyl groups excluding tert-OH is 5. The van der Waals surface area contributed by atoms with E-state index in [4.69, 9.17) is 54.2 Å². The van der Waals surface area contributed by atoms with Crippen LogP contribution in [0.4, 0.5) is 0 Å². The summed E-state index contributed by atoms with van der Waals surface area (Å²) >= 11 is 5.90. The summed E-state index contributed by atoms with van der Waals surface area (Å²) in [6.07, 6.45) is -5.87. The number of esters is 2. The van der Waals surface area contributed by atoms with E-state index in [0.717, 1.165) is 0 Å². The van der Waals surface area contributed by atoms with E-state index in [-0.39, 0.29) is 106 Å². The van der Waals surface area contributed by atoms with Gasteiger partial charge in [0.1, 0.15) is 29.9 Å². The predicted octanol–water partition coefficient (Wildman–Crippen LogP) is 6.57. The van der Waals surface area contributed by atoms with Crippen LogP contribution in [0.5, 0.6) is 0 Å². The van der Waals surface area contributed by atoms with Crippen molar-refractivity contribution in [2.45, 2.75) is 279 Å². The molecule has 0 aliphatic carbocycles. The lowest BCUT2D eigenvalue weighted by Crippen LogP contribution is -2.64. The number of aliphatic hydroxyl groups is 7. The van der Waals surface area contributed by atoms with Crippen molar-refractivity contribution in [2.24, 2.45) is 29.6 Å². The highest BCUT2D eigenvalue weighted by Gasteiger charge is 2.57. The van der Waals surface area contributed by atoms with Crippen molar-refractivity contribution in [3.8, 4) is 0 Å². The van der Waals surface area contributed by atoms with Crippen LogP contribution in [-0.4, -0.2) is 181 Å². The highest BCUT2D eigenvalue weighted by Crippen LogP contribution is 2.49. The minimum absolute atomic E-state index is 0.00858. The Kier molecular flexibility index (Phi) is 23.7. The van der Waals surface area contributed by atoms with E-state index in [9.17, 15) is 54.9 Å². The summed E-state index contributed by atoms with van der Waals surface area (Å²) in [6.45, 7) is 23.3. The highest BCUT2D eigenvalue weighted by atomic mass is 35.5. The molecule has 0 aromatic carbocycles. The van der Waals surface area contributed by atoms with E-state index >= 15 is 0 Å². The number of carbonyl (C=O) groups excluding carboxylic acids is 4. The average molecular weight is 1220 g/mol. The molecule has 21 heteroatoms. The van der Waals surface area contributed by atoms with Crippen LogP contribution < -0.4 is 0 Å². The molecule has 2 spiro atoms. The number of carbonyl (C=O) groups is 4. The van der Waals surface area contributed by atoms with Crippen molar-refractivity contribution in [3.63, 3.8) is 0 Å². The Morgan fingerprint density at radius 2 is 1.47 bits per heavy atom. The predicted molar refractivity (Wildman–Crippen MR) is 311 cm³/mol. The molecule has 7 heterocycles. The van der Waals surface area contributed by atoms with Gasteiger partial charge in [-0.1, -0.05) is 88.4 Å². The van der Waals surface area contributed by atoms with E-state index in [2.05, 4.69) is 19.7 Å². The Morgan fingerprint density at radius 3 is 2.15 bits per heavy atom. The van der Waals surface area contributed by atoms with Crippen LogP contribution in [0, 0.1) is 29.6 Å². The number of ketones is 2. The number of fused-ring (bicyclic) bond motifs is 8. The van der Waals surface area contributed by atoms with Crippen molar-refractivity contribution >= 4 is 35.1 Å². The molecule has 7 aliphatic heterocycles. The van der Waals surface area contributed by atoms with E-state index < -0.39 is 150 Å². The van der Waals surface area contributed by atoms with Crippen LogP contribution in [0.3, 0.4) is 0 Å². The number of allylic oxidation sites excluding steroid dienone is 3. The van der Waals surface area contributed by atoms with Crippen LogP contribution in [0.2, 0.25) is 0 Å². The molecule has 7 aliphatic rings. The number of rotatable bonds is 9. The average Bonchev–Trinajstić information content (AvgIpc) is 1.35. The summed E-state index contributed by atoms with van der Waals surface area (Å²) in [4.78, 5) is 54.6. The Bertz CT molecular complexity index is 2430. The fraction of sp³-hybridized carbons (Fsp3) is 0.781. The van der Waals surface area contributed by atoms with Gasteiger partial charge in [-0.3, -0.25) is 19.2 Å². The van der Waals surface area contributed by atoms with E-state index in [1.165, 1.54) is 26.0 Å². The summed E-state index contributed by atoms with van der Waals surface area (Å²) in [6, 6.07) is 0.